The molecule has 3 aromatic rings. The average Bonchev–Trinajstić information content (AvgIpc) is 3.49. The number of aromatic nitrogens is 2. The van der Waals surface area contributed by atoms with Gasteiger partial charge in [0, 0.05) is 30.4 Å². The van der Waals surface area contributed by atoms with Crippen molar-refractivity contribution in [1.29, 1.82) is 0 Å². The van der Waals surface area contributed by atoms with Crippen molar-refractivity contribution >= 4 is 10.0 Å². The fourth-order valence-electron chi connectivity index (χ4n) is 3.59. The van der Waals surface area contributed by atoms with Crippen LogP contribution in [0.5, 0.6) is 5.88 Å². The van der Waals surface area contributed by atoms with E-state index < -0.39 is 21.7 Å². The summed E-state index contributed by atoms with van der Waals surface area (Å²) in [6, 6.07) is 6.02. The Balaban J connectivity index is 1.97. The second-order valence-corrected chi connectivity index (χ2v) is 9.00. The van der Waals surface area contributed by atoms with Crippen LogP contribution in [0.4, 0.5) is 8.78 Å². The van der Waals surface area contributed by atoms with Crippen LogP contribution >= 0.6 is 0 Å². The second kappa shape index (κ2) is 7.81. The van der Waals surface area contributed by atoms with E-state index in [4.69, 9.17) is 4.74 Å². The highest BCUT2D eigenvalue weighted by Gasteiger charge is 2.35. The summed E-state index contributed by atoms with van der Waals surface area (Å²) in [5, 5.41) is 3.04. The lowest BCUT2D eigenvalue weighted by Crippen LogP contribution is -2.14. The van der Waals surface area contributed by atoms with Gasteiger partial charge in [-0.05, 0) is 55.1 Å². The molecule has 158 valence electrons. The van der Waals surface area contributed by atoms with Crippen LogP contribution in [0.2, 0.25) is 0 Å². The minimum Gasteiger partial charge on any atom is -0.481 e. The predicted molar refractivity (Wildman–Crippen MR) is 108 cm³/mol. The highest BCUT2D eigenvalue weighted by molar-refractivity contribution is 7.90. The van der Waals surface area contributed by atoms with Crippen LogP contribution in [0.25, 0.3) is 11.3 Å². The Morgan fingerprint density at radius 2 is 2.00 bits per heavy atom. The third kappa shape index (κ3) is 3.59. The van der Waals surface area contributed by atoms with Crippen molar-refractivity contribution in [3.63, 3.8) is 0 Å². The van der Waals surface area contributed by atoms with E-state index in [0.29, 0.717) is 6.54 Å². The molecule has 0 unspecified atom stereocenters. The molecule has 0 atom stereocenters. The molecule has 1 aromatic carbocycles. The van der Waals surface area contributed by atoms with Crippen LogP contribution < -0.4 is 10.1 Å². The van der Waals surface area contributed by atoms with Crippen LogP contribution in [0, 0.1) is 11.6 Å². The number of ether oxygens (including phenoxy) is 1. The monoisotopic (exact) mass is 433 g/mol. The van der Waals surface area contributed by atoms with Crippen molar-refractivity contribution < 1.29 is 21.9 Å². The normalized spacial score (nSPS) is 14.1. The number of methoxy groups -OCH3 is 1. The van der Waals surface area contributed by atoms with Gasteiger partial charge in [-0.2, -0.15) is 0 Å². The van der Waals surface area contributed by atoms with Crippen molar-refractivity contribution in [3.8, 4) is 17.1 Å². The zero-order chi connectivity index (χ0) is 21.5. The lowest BCUT2D eigenvalue weighted by Gasteiger charge is -2.14. The van der Waals surface area contributed by atoms with Gasteiger partial charge in [0.05, 0.1) is 19.0 Å². The van der Waals surface area contributed by atoms with Crippen LogP contribution in [0.15, 0.2) is 47.6 Å². The van der Waals surface area contributed by atoms with E-state index in [1.165, 1.54) is 37.7 Å². The average molecular weight is 433 g/mol. The first-order chi connectivity index (χ1) is 14.4. The Bertz CT molecular complexity index is 1190. The molecule has 2 heterocycles. The minimum atomic E-state index is -4.08. The molecule has 2 aromatic heterocycles. The molecule has 1 aliphatic rings. The van der Waals surface area contributed by atoms with Crippen LogP contribution in [0.3, 0.4) is 0 Å². The SMILES string of the molecule is CNCc1cn(S(=O)(=O)c2ccc(OC)nc2)c(-c2ccc(F)cc2F)c1C1CC1. The minimum absolute atomic E-state index is 0.0469. The van der Waals surface area contributed by atoms with E-state index in [0.717, 1.165) is 40.1 Å². The van der Waals surface area contributed by atoms with Gasteiger partial charge in [-0.25, -0.2) is 26.2 Å². The van der Waals surface area contributed by atoms with Gasteiger partial charge < -0.3 is 10.1 Å². The Kier molecular flexibility index (Phi) is 5.33. The molecule has 0 aliphatic heterocycles. The highest BCUT2D eigenvalue weighted by atomic mass is 32.2. The lowest BCUT2D eigenvalue weighted by molar-refractivity contribution is 0.397. The van der Waals surface area contributed by atoms with Gasteiger partial charge in [-0.1, -0.05) is 0 Å². The molecule has 1 saturated carbocycles. The summed E-state index contributed by atoms with van der Waals surface area (Å²) < 4.78 is 61.4. The molecular weight excluding hydrogens is 412 g/mol. The van der Waals surface area contributed by atoms with Crippen molar-refractivity contribution in [2.45, 2.75) is 30.2 Å². The molecule has 0 amide bonds. The third-order valence-corrected chi connectivity index (χ3v) is 6.75. The number of hydrogen-bond acceptors (Lipinski definition) is 5. The van der Waals surface area contributed by atoms with Gasteiger partial charge in [0.15, 0.2) is 0 Å². The van der Waals surface area contributed by atoms with E-state index in [9.17, 15) is 17.2 Å². The van der Waals surface area contributed by atoms with Crippen molar-refractivity contribution in [3.05, 3.63) is 65.5 Å². The van der Waals surface area contributed by atoms with Crippen molar-refractivity contribution in [2.24, 2.45) is 0 Å². The number of hydrogen-bond donors (Lipinski definition) is 1. The molecule has 6 nitrogen and oxygen atoms in total. The maximum absolute atomic E-state index is 14.8. The number of benzene rings is 1. The maximum Gasteiger partial charge on any atom is 0.269 e. The van der Waals surface area contributed by atoms with E-state index >= 15 is 0 Å². The van der Waals surface area contributed by atoms with E-state index in [2.05, 4.69) is 10.3 Å². The first-order valence-corrected chi connectivity index (χ1v) is 10.9. The molecule has 0 bridgehead atoms. The smallest absolute Gasteiger partial charge is 0.269 e. The summed E-state index contributed by atoms with van der Waals surface area (Å²) in [5.41, 5.74) is 1.82. The lowest BCUT2D eigenvalue weighted by atomic mass is 10.0. The highest BCUT2D eigenvalue weighted by Crippen LogP contribution is 2.48. The zero-order valence-corrected chi connectivity index (χ0v) is 17.3. The van der Waals surface area contributed by atoms with Gasteiger partial charge in [-0.15, -0.1) is 0 Å². The molecule has 4 rings (SSSR count). The van der Waals surface area contributed by atoms with E-state index in [-0.39, 0.29) is 28.0 Å². The molecule has 0 spiro atoms. The largest absolute Gasteiger partial charge is 0.481 e. The molecule has 1 N–H and O–H groups in total. The Morgan fingerprint density at radius 1 is 1.23 bits per heavy atom. The molecule has 0 radical (unpaired) electrons. The summed E-state index contributed by atoms with van der Waals surface area (Å²) in [4.78, 5) is 3.93. The van der Waals surface area contributed by atoms with Gasteiger partial charge in [-0.3, -0.25) is 0 Å². The first-order valence-electron chi connectivity index (χ1n) is 9.46. The van der Waals surface area contributed by atoms with E-state index in [1.54, 1.807) is 7.05 Å². The Labute approximate surface area is 173 Å². The first kappa shape index (κ1) is 20.5. The van der Waals surface area contributed by atoms with Gasteiger partial charge in [0.25, 0.3) is 10.0 Å². The molecule has 30 heavy (non-hydrogen) atoms. The summed E-state index contributed by atoms with van der Waals surface area (Å²) >= 11 is 0. The number of nitrogens with one attached hydrogen (secondary N) is 1. The molecule has 1 fully saturated rings. The third-order valence-electron chi connectivity index (χ3n) is 5.11. The van der Waals surface area contributed by atoms with Crippen LogP contribution in [-0.4, -0.2) is 31.5 Å². The van der Waals surface area contributed by atoms with Gasteiger partial charge >= 0.3 is 0 Å². The van der Waals surface area contributed by atoms with Crippen molar-refractivity contribution in [2.75, 3.05) is 14.2 Å². The summed E-state index contributed by atoms with van der Waals surface area (Å²) in [6.07, 6.45) is 4.50. The second-order valence-electron chi connectivity index (χ2n) is 7.18. The summed E-state index contributed by atoms with van der Waals surface area (Å²) in [7, 11) is -0.893. The number of nitrogens with zero attached hydrogens (tertiary/aromatic N) is 2. The Morgan fingerprint density at radius 3 is 2.57 bits per heavy atom. The molecule has 1 aliphatic carbocycles. The summed E-state index contributed by atoms with van der Waals surface area (Å²) in [5.74, 6) is -1.12. The Hall–Kier alpha value is -2.78. The fraction of sp³-hybridized carbons (Fsp3) is 0.286. The summed E-state index contributed by atoms with van der Waals surface area (Å²) in [6.45, 7) is 0.422. The fourth-order valence-corrected chi connectivity index (χ4v) is 4.95. The number of pyridine rings is 1. The van der Waals surface area contributed by atoms with Crippen LogP contribution in [0.1, 0.15) is 29.9 Å². The predicted octanol–water partition coefficient (Wildman–Crippen LogP) is 3.67. The number of halogens is 2. The zero-order valence-electron chi connectivity index (χ0n) is 16.5. The molecular formula is C21H21F2N3O3S. The van der Waals surface area contributed by atoms with Gasteiger partial charge in [0.2, 0.25) is 5.88 Å². The van der Waals surface area contributed by atoms with E-state index in [1.807, 2.05) is 0 Å². The topological polar surface area (TPSA) is 73.2 Å². The quantitative estimate of drug-likeness (QED) is 0.616. The molecule has 9 heteroatoms. The van der Waals surface area contributed by atoms with Crippen LogP contribution in [-0.2, 0) is 16.6 Å². The van der Waals surface area contributed by atoms with Gasteiger partial charge in [0.1, 0.15) is 16.5 Å². The maximum atomic E-state index is 14.8. The number of rotatable bonds is 7. The molecule has 0 saturated heterocycles. The van der Waals surface area contributed by atoms with Crippen molar-refractivity contribution in [1.82, 2.24) is 14.3 Å². The standard InChI is InChI=1S/C21H21F2N3O3S/c1-24-10-14-12-26(30(27,28)16-6-8-19(29-2)25-11-16)21(20(14)13-3-4-13)17-7-5-15(22)9-18(17)23/h5-9,11-13,24H,3-4,10H2,1-2H3.